The molecule has 0 aliphatic rings. The molecule has 12 nitrogen and oxygen atoms in total. The fourth-order valence-corrected chi connectivity index (χ4v) is 4.84. The van der Waals surface area contributed by atoms with Gasteiger partial charge in [0.15, 0.2) is 0 Å². The number of hydrogen-bond acceptors (Lipinski definition) is 8. The average molecular weight is 658 g/mol. The molecule has 3 atom stereocenters. The molecule has 0 saturated heterocycles. The molecule has 0 fully saturated rings. The van der Waals surface area contributed by atoms with Crippen molar-refractivity contribution >= 4 is 40.4 Å². The van der Waals surface area contributed by atoms with Gasteiger partial charge in [-0.25, -0.2) is 4.79 Å². The lowest BCUT2D eigenvalue weighted by atomic mass is 9.98. The van der Waals surface area contributed by atoms with Crippen LogP contribution in [0.3, 0.4) is 0 Å². The van der Waals surface area contributed by atoms with Crippen molar-refractivity contribution in [3.05, 3.63) is 36.4 Å². The van der Waals surface area contributed by atoms with Crippen molar-refractivity contribution < 1.29 is 43.3 Å². The van der Waals surface area contributed by atoms with E-state index in [2.05, 4.69) is 16.0 Å². The van der Waals surface area contributed by atoms with Crippen molar-refractivity contribution in [2.45, 2.75) is 91.8 Å². The first-order valence-corrected chi connectivity index (χ1v) is 16.2. The van der Waals surface area contributed by atoms with E-state index in [0.717, 1.165) is 10.8 Å². The topological polar surface area (TPSA) is 169 Å². The quantitative estimate of drug-likeness (QED) is 0.120. The lowest BCUT2D eigenvalue weighted by Gasteiger charge is -2.28. The first-order valence-electron chi connectivity index (χ1n) is 16.2. The number of esters is 1. The normalized spacial score (nSPS) is 13.1. The molecule has 3 amide bonds. The van der Waals surface area contributed by atoms with Gasteiger partial charge < -0.3 is 35.3 Å². The zero-order valence-electron chi connectivity index (χ0n) is 28.6. The summed E-state index contributed by atoms with van der Waals surface area (Å²) >= 11 is 0. The van der Waals surface area contributed by atoms with Crippen LogP contribution in [0.1, 0.15) is 73.6 Å². The van der Waals surface area contributed by atoms with Crippen LogP contribution in [0.15, 0.2) is 36.4 Å². The van der Waals surface area contributed by atoms with E-state index in [1.54, 1.807) is 13.8 Å². The summed E-state index contributed by atoms with van der Waals surface area (Å²) in [4.78, 5) is 62.2. The molecule has 0 unspecified atom stereocenters. The summed E-state index contributed by atoms with van der Waals surface area (Å²) in [5, 5.41) is 19.0. The first-order chi connectivity index (χ1) is 22.2. The summed E-state index contributed by atoms with van der Waals surface area (Å²) in [6, 6.07) is 8.62. The second-order valence-corrected chi connectivity index (χ2v) is 12.7. The third-order valence-corrected chi connectivity index (χ3v) is 7.43. The van der Waals surface area contributed by atoms with Gasteiger partial charge in [0.1, 0.15) is 29.6 Å². The Balaban J connectivity index is 1.93. The molecule has 12 heteroatoms. The van der Waals surface area contributed by atoms with Crippen LogP contribution in [0.25, 0.3) is 10.8 Å². The third kappa shape index (κ3) is 13.5. The average Bonchev–Trinajstić information content (AvgIpc) is 3.01. The van der Waals surface area contributed by atoms with E-state index in [1.807, 2.05) is 64.1 Å². The molecule has 47 heavy (non-hydrogen) atoms. The minimum atomic E-state index is -0.901. The first kappa shape index (κ1) is 38.8. The second kappa shape index (κ2) is 19.3. The van der Waals surface area contributed by atoms with Crippen molar-refractivity contribution in [2.75, 3.05) is 20.3 Å². The monoisotopic (exact) mass is 657 g/mol. The number of carboxylic acid groups (broad SMARTS) is 1. The maximum absolute atomic E-state index is 13.3. The Morgan fingerprint density at radius 1 is 0.702 bits per heavy atom. The number of methoxy groups -OCH3 is 1. The molecule has 2 aromatic rings. The van der Waals surface area contributed by atoms with E-state index in [0.29, 0.717) is 37.4 Å². The van der Waals surface area contributed by atoms with Gasteiger partial charge in [-0.2, -0.15) is 0 Å². The van der Waals surface area contributed by atoms with E-state index in [9.17, 15) is 24.0 Å². The Bertz CT molecular complexity index is 1360. The SMILES string of the molecule is COC(=O)[C@@H](NC(=O)[C@H](CC(C)C)NC(=O)[C@@H](NC(=O)CCCOc1ccc2ccc(OCCCC(=O)O)cc2c1)C(C)C)C(C)C. The van der Waals surface area contributed by atoms with E-state index < -0.39 is 41.9 Å². The number of carboxylic acids is 1. The zero-order valence-corrected chi connectivity index (χ0v) is 28.6. The Hall–Kier alpha value is -4.35. The number of ether oxygens (including phenoxy) is 3. The molecule has 4 N–H and O–H groups in total. The minimum absolute atomic E-state index is 0.0467. The Kier molecular flexibility index (Phi) is 16.0. The van der Waals surface area contributed by atoms with E-state index in [-0.39, 0.29) is 43.1 Å². The van der Waals surface area contributed by atoms with Crippen molar-refractivity contribution in [3.8, 4) is 11.5 Å². The number of aliphatic carboxylic acids is 1. The van der Waals surface area contributed by atoms with Gasteiger partial charge in [0.2, 0.25) is 17.7 Å². The fraction of sp³-hybridized carbons (Fsp3) is 0.571. The second-order valence-electron chi connectivity index (χ2n) is 12.7. The predicted octanol–water partition coefficient (Wildman–Crippen LogP) is 4.23. The van der Waals surface area contributed by atoms with Gasteiger partial charge in [0.05, 0.1) is 20.3 Å². The van der Waals surface area contributed by atoms with Crippen LogP contribution in [0.2, 0.25) is 0 Å². The highest BCUT2D eigenvalue weighted by molar-refractivity contribution is 5.93. The van der Waals surface area contributed by atoms with Gasteiger partial charge in [0, 0.05) is 12.8 Å². The molecule has 0 spiro atoms. The fourth-order valence-electron chi connectivity index (χ4n) is 4.84. The number of carbonyl (C=O) groups is 5. The van der Waals surface area contributed by atoms with Crippen LogP contribution in [0.4, 0.5) is 0 Å². The number of nitrogens with one attached hydrogen (secondary N) is 3. The lowest BCUT2D eigenvalue weighted by molar-refractivity contribution is -0.146. The van der Waals surface area contributed by atoms with Gasteiger partial charge in [-0.3, -0.25) is 19.2 Å². The molecule has 0 heterocycles. The largest absolute Gasteiger partial charge is 0.494 e. The zero-order chi connectivity index (χ0) is 35.1. The summed E-state index contributed by atoms with van der Waals surface area (Å²) in [6.07, 6.45) is 1.34. The summed E-state index contributed by atoms with van der Waals surface area (Å²) in [7, 11) is 1.26. The van der Waals surface area contributed by atoms with Gasteiger partial charge in [0.25, 0.3) is 0 Å². The lowest BCUT2D eigenvalue weighted by Crippen LogP contribution is -2.57. The summed E-state index contributed by atoms with van der Waals surface area (Å²) in [6.45, 7) is 11.6. The van der Waals surface area contributed by atoms with Crippen LogP contribution in [0, 0.1) is 17.8 Å². The molecule has 2 aromatic carbocycles. The standard InChI is InChI=1S/C35H51N3O9/c1-21(2)18-28(33(42)38-32(23(5)6)35(44)45-7)36-34(43)31(22(3)4)37-29(39)10-8-16-46-26-14-12-24-13-15-27(20-25(24)19-26)47-17-9-11-30(40)41/h12-15,19-23,28,31-32H,8-11,16-18H2,1-7H3,(H,36,43)(H,37,39)(H,38,42)(H,40,41)/t28-,31-,32-/m0/s1. The Morgan fingerprint density at radius 3 is 1.74 bits per heavy atom. The number of hydrogen-bond donors (Lipinski definition) is 4. The van der Waals surface area contributed by atoms with Gasteiger partial charge in [-0.1, -0.05) is 53.7 Å². The summed E-state index contributed by atoms with van der Waals surface area (Å²) in [5.41, 5.74) is 0. The van der Waals surface area contributed by atoms with Gasteiger partial charge in [-0.05, 0) is 72.1 Å². The van der Waals surface area contributed by atoms with E-state index >= 15 is 0 Å². The van der Waals surface area contributed by atoms with Crippen LogP contribution in [-0.2, 0) is 28.7 Å². The van der Waals surface area contributed by atoms with Crippen LogP contribution >= 0.6 is 0 Å². The molecule has 0 radical (unpaired) electrons. The molecule has 260 valence electrons. The highest BCUT2D eigenvalue weighted by Gasteiger charge is 2.32. The molecule has 0 aromatic heterocycles. The van der Waals surface area contributed by atoms with Crippen molar-refractivity contribution in [1.29, 1.82) is 0 Å². The number of carbonyl (C=O) groups excluding carboxylic acids is 4. The Labute approximate surface area is 277 Å². The number of benzene rings is 2. The molecular formula is C35H51N3O9. The van der Waals surface area contributed by atoms with Crippen LogP contribution in [-0.4, -0.2) is 73.2 Å². The predicted molar refractivity (Wildman–Crippen MR) is 178 cm³/mol. The van der Waals surface area contributed by atoms with Crippen LogP contribution < -0.4 is 25.4 Å². The van der Waals surface area contributed by atoms with Crippen molar-refractivity contribution in [3.63, 3.8) is 0 Å². The van der Waals surface area contributed by atoms with E-state index in [1.165, 1.54) is 7.11 Å². The van der Waals surface area contributed by atoms with Gasteiger partial charge in [-0.15, -0.1) is 0 Å². The minimum Gasteiger partial charge on any atom is -0.494 e. The number of amides is 3. The smallest absolute Gasteiger partial charge is 0.328 e. The molecule has 0 bridgehead atoms. The summed E-state index contributed by atoms with van der Waals surface area (Å²) in [5.74, 6) is -1.85. The highest BCUT2D eigenvalue weighted by Crippen LogP contribution is 2.25. The maximum atomic E-state index is 13.3. The molecule has 2 rings (SSSR count). The maximum Gasteiger partial charge on any atom is 0.328 e. The molecule has 0 saturated carbocycles. The molecule has 0 aliphatic heterocycles. The third-order valence-electron chi connectivity index (χ3n) is 7.43. The summed E-state index contributed by atoms with van der Waals surface area (Å²) < 4.78 is 16.4. The van der Waals surface area contributed by atoms with Crippen molar-refractivity contribution in [1.82, 2.24) is 16.0 Å². The van der Waals surface area contributed by atoms with E-state index in [4.69, 9.17) is 19.3 Å². The van der Waals surface area contributed by atoms with Crippen molar-refractivity contribution in [2.24, 2.45) is 17.8 Å². The number of fused-ring (bicyclic) bond motifs is 1. The van der Waals surface area contributed by atoms with Crippen LogP contribution in [0.5, 0.6) is 11.5 Å². The molecule has 0 aliphatic carbocycles. The highest BCUT2D eigenvalue weighted by atomic mass is 16.5. The Morgan fingerprint density at radius 2 is 1.26 bits per heavy atom. The molecular weight excluding hydrogens is 606 g/mol. The van der Waals surface area contributed by atoms with Gasteiger partial charge >= 0.3 is 11.9 Å². The number of rotatable bonds is 20.